The van der Waals surface area contributed by atoms with Gasteiger partial charge in [-0.1, -0.05) is 5.16 Å². The molecule has 138 valence electrons. The van der Waals surface area contributed by atoms with Crippen LogP contribution in [0.15, 0.2) is 10.6 Å². The van der Waals surface area contributed by atoms with Crippen LogP contribution in [0.1, 0.15) is 81.1 Å². The fraction of sp³-hybridized carbons (Fsp3) is 0.722. The van der Waals surface area contributed by atoms with Crippen LogP contribution in [0.2, 0.25) is 0 Å². The van der Waals surface area contributed by atoms with Gasteiger partial charge in [-0.25, -0.2) is 0 Å². The zero-order valence-electron chi connectivity index (χ0n) is 14.2. The van der Waals surface area contributed by atoms with E-state index in [1.807, 2.05) is 0 Å². The summed E-state index contributed by atoms with van der Waals surface area (Å²) in [5, 5.41) is 11.1. The Balaban J connectivity index is 0.000000127. The largest absolute Gasteiger partial charge is 0.361 e. The van der Waals surface area contributed by atoms with E-state index in [4.69, 9.17) is 9.73 Å². The molecule has 1 aromatic rings. The number of nitrogens with zero attached hydrogens (tertiary/aromatic N) is 1. The molecule has 2 N–H and O–H groups in total. The lowest BCUT2D eigenvalue weighted by Crippen LogP contribution is -2.10. The lowest BCUT2D eigenvalue weighted by Gasteiger charge is -1.94. The number of Topliss-reactive ketones (excluding diaryl/α,β-unsaturated/α-hetero) is 2. The maximum Gasteiger partial charge on any atom is 0.143 e. The van der Waals surface area contributed by atoms with Gasteiger partial charge < -0.3 is 9.73 Å². The molecule has 7 heteroatoms. The molecular formula is C18H25ClN2O4. The van der Waals surface area contributed by atoms with Gasteiger partial charge in [0.15, 0.2) is 0 Å². The van der Waals surface area contributed by atoms with Crippen LogP contribution in [0.5, 0.6) is 0 Å². The van der Waals surface area contributed by atoms with Gasteiger partial charge in [-0.3, -0.25) is 9.59 Å². The van der Waals surface area contributed by atoms with Crippen molar-refractivity contribution in [2.75, 3.05) is 0 Å². The molecule has 4 aliphatic rings. The number of aromatic nitrogens is 1. The summed E-state index contributed by atoms with van der Waals surface area (Å²) < 4.78 is 5.24. The molecule has 4 fully saturated rings. The second-order valence-corrected chi connectivity index (χ2v) is 7.61. The van der Waals surface area contributed by atoms with Gasteiger partial charge in [0.25, 0.3) is 0 Å². The molecule has 1 aromatic heterocycles. The third kappa shape index (κ3) is 6.20. The highest BCUT2D eigenvalue weighted by atomic mass is 35.5. The third-order valence-corrected chi connectivity index (χ3v) is 4.94. The zero-order valence-corrected chi connectivity index (χ0v) is 15.0. The van der Waals surface area contributed by atoms with Crippen molar-refractivity contribution in [3.05, 3.63) is 17.5 Å². The van der Waals surface area contributed by atoms with Crippen molar-refractivity contribution in [1.29, 1.82) is 0 Å². The van der Waals surface area contributed by atoms with Crippen molar-refractivity contribution in [3.63, 3.8) is 0 Å². The summed E-state index contributed by atoms with van der Waals surface area (Å²) in [5.74, 6) is 3.51. The van der Waals surface area contributed by atoms with E-state index in [1.54, 1.807) is 0 Å². The van der Waals surface area contributed by atoms with Gasteiger partial charge in [-0.2, -0.15) is 0 Å². The Kier molecular flexibility index (Phi) is 6.25. The number of halogens is 1. The quantitative estimate of drug-likeness (QED) is 0.449. The van der Waals surface area contributed by atoms with E-state index < -0.39 is 0 Å². The van der Waals surface area contributed by atoms with Gasteiger partial charge in [0.1, 0.15) is 17.3 Å². The first-order valence-corrected chi connectivity index (χ1v) is 9.51. The summed E-state index contributed by atoms with van der Waals surface area (Å²) in [6.07, 6.45) is 9.57. The van der Waals surface area contributed by atoms with Gasteiger partial charge in [-0.05, 0) is 51.4 Å². The fourth-order valence-corrected chi connectivity index (χ4v) is 2.71. The Bertz CT molecular complexity index is 553. The fourth-order valence-electron chi connectivity index (χ4n) is 2.71. The molecule has 0 saturated heterocycles. The predicted molar refractivity (Wildman–Crippen MR) is 91.3 cm³/mol. The minimum atomic E-state index is 0.196. The molecule has 5 rings (SSSR count). The lowest BCUT2D eigenvalue weighted by molar-refractivity contribution is -0.128. The average Bonchev–Trinajstić information content (AvgIpc) is 3.47. The number of carbonyl (C=O) groups is 2. The van der Waals surface area contributed by atoms with Crippen LogP contribution < -0.4 is 5.00 Å². The van der Waals surface area contributed by atoms with E-state index in [1.165, 1.54) is 36.4 Å². The summed E-state index contributed by atoms with van der Waals surface area (Å²) in [6.45, 7) is 0. The highest BCUT2D eigenvalue weighted by Gasteiger charge is 2.35. The Hall–Kier alpha value is -1.24. The summed E-state index contributed by atoms with van der Waals surface area (Å²) in [5.41, 5.74) is 1.20. The first-order valence-electron chi connectivity index (χ1n) is 9.14. The molecule has 0 radical (unpaired) electrons. The van der Waals surface area contributed by atoms with Crippen molar-refractivity contribution >= 4 is 23.3 Å². The molecule has 1 heterocycles. The number of ketones is 2. The highest BCUT2D eigenvalue weighted by Crippen LogP contribution is 2.44. The normalized spacial score (nSPS) is 21.5. The van der Waals surface area contributed by atoms with Crippen molar-refractivity contribution in [1.82, 2.24) is 10.2 Å². The highest BCUT2D eigenvalue weighted by molar-refractivity contribution is 6.12. The molecule has 25 heavy (non-hydrogen) atoms. The van der Waals surface area contributed by atoms with E-state index in [9.17, 15) is 9.59 Å². The van der Waals surface area contributed by atoms with E-state index >= 15 is 0 Å². The van der Waals surface area contributed by atoms with Crippen LogP contribution in [0.3, 0.4) is 0 Å². The smallest absolute Gasteiger partial charge is 0.143 e. The molecule has 0 bridgehead atoms. The predicted octanol–water partition coefficient (Wildman–Crippen LogP) is 3.88. The molecule has 0 amide bonds. The first-order chi connectivity index (χ1) is 12.1. The topological polar surface area (TPSA) is 92.4 Å². The number of nitrogens with one attached hydrogen (secondary N) is 1. The number of carbonyl (C=O) groups excluding carboxylic acids is 2. The summed E-state index contributed by atoms with van der Waals surface area (Å²) in [4.78, 5) is 23.5. The Morgan fingerprint density at radius 1 is 1.04 bits per heavy atom. The Morgan fingerprint density at radius 3 is 1.92 bits per heavy atom. The second-order valence-electron chi connectivity index (χ2n) is 7.45. The van der Waals surface area contributed by atoms with Crippen molar-refractivity contribution in [3.8, 4) is 0 Å². The molecule has 6 nitrogen and oxygen atoms in total. The van der Waals surface area contributed by atoms with Crippen LogP contribution in [0.25, 0.3) is 0 Å². The standard InChI is InChI=1S/C9H11NO.C9H12O2.ClH2NO/c1-2-6(1)8-5-9(11-10-8)7-3-4-7;10-8(6-1-2-6)5-9(11)7-3-4-7;1-2-3/h5-7H,1-4H2;6-7H,1-5H2;2-3H. The maximum absolute atomic E-state index is 11.1. The Labute approximate surface area is 152 Å². The number of hydrogen-bond acceptors (Lipinski definition) is 6. The SMILES string of the molecule is O=C(CC(=O)C1CC1)C1CC1.ONCl.c1c(C2CC2)noc1C1CC1. The van der Waals surface area contributed by atoms with Gasteiger partial charge in [0.2, 0.25) is 0 Å². The monoisotopic (exact) mass is 368 g/mol. The molecular weight excluding hydrogens is 344 g/mol. The molecule has 0 aromatic carbocycles. The van der Waals surface area contributed by atoms with Gasteiger partial charge in [0, 0.05) is 41.5 Å². The van der Waals surface area contributed by atoms with Gasteiger partial charge in [0.05, 0.1) is 12.1 Å². The number of rotatable bonds is 6. The third-order valence-electron chi connectivity index (χ3n) is 4.94. The maximum atomic E-state index is 11.1. The molecule has 0 aliphatic heterocycles. The summed E-state index contributed by atoms with van der Waals surface area (Å²) in [7, 11) is 0. The lowest BCUT2D eigenvalue weighted by atomic mass is 10.1. The van der Waals surface area contributed by atoms with E-state index in [0.29, 0.717) is 0 Å². The van der Waals surface area contributed by atoms with Crippen LogP contribution in [-0.2, 0) is 9.59 Å². The average molecular weight is 369 g/mol. The minimum absolute atomic E-state index is 0.196. The molecule has 0 atom stereocenters. The second kappa shape index (κ2) is 8.43. The van der Waals surface area contributed by atoms with Crippen molar-refractivity contribution in [2.24, 2.45) is 11.8 Å². The number of hydrogen-bond donors (Lipinski definition) is 2. The Morgan fingerprint density at radius 2 is 1.52 bits per heavy atom. The molecule has 4 saturated carbocycles. The van der Waals surface area contributed by atoms with Crippen LogP contribution in [0.4, 0.5) is 0 Å². The van der Waals surface area contributed by atoms with Gasteiger partial charge >= 0.3 is 0 Å². The van der Waals surface area contributed by atoms with Gasteiger partial charge in [-0.15, -0.1) is 5.00 Å². The molecule has 4 aliphatic carbocycles. The van der Waals surface area contributed by atoms with Crippen molar-refractivity contribution in [2.45, 2.75) is 69.6 Å². The molecule has 0 unspecified atom stereocenters. The van der Waals surface area contributed by atoms with E-state index in [2.05, 4.69) is 23.0 Å². The van der Waals surface area contributed by atoms with Crippen LogP contribution in [-0.4, -0.2) is 21.9 Å². The first kappa shape index (κ1) is 18.5. The van der Waals surface area contributed by atoms with Crippen LogP contribution in [0, 0.1) is 11.8 Å². The van der Waals surface area contributed by atoms with E-state index in [-0.39, 0.29) is 29.8 Å². The minimum Gasteiger partial charge on any atom is -0.361 e. The molecule has 0 spiro atoms. The van der Waals surface area contributed by atoms with Crippen molar-refractivity contribution < 1.29 is 19.3 Å². The summed E-state index contributed by atoms with van der Waals surface area (Å²) in [6, 6.07) is 2.16. The summed E-state index contributed by atoms with van der Waals surface area (Å²) >= 11 is 4.30. The zero-order chi connectivity index (χ0) is 17.8. The van der Waals surface area contributed by atoms with Crippen LogP contribution >= 0.6 is 11.8 Å². The van der Waals surface area contributed by atoms with E-state index in [0.717, 1.165) is 43.3 Å².